The molecule has 3 fully saturated rings. The molecule has 0 aromatic heterocycles. The molecule has 1 heterocycles. The minimum atomic E-state index is -0.512. The second kappa shape index (κ2) is 19.6. The van der Waals surface area contributed by atoms with E-state index in [1.807, 2.05) is 0 Å². The van der Waals surface area contributed by atoms with Crippen LogP contribution >= 0.6 is 0 Å². The molecule has 10 heteroatoms. The molecule has 2 aliphatic carbocycles. The fourth-order valence-electron chi connectivity index (χ4n) is 9.03. The summed E-state index contributed by atoms with van der Waals surface area (Å²) in [5.41, 5.74) is 6.29. The van der Waals surface area contributed by atoms with E-state index in [9.17, 15) is 19.8 Å². The minimum absolute atomic E-state index is 0.0392. The molecular formula is C36H66N2O8. The molecule has 3 aliphatic rings. The SMILES string of the molecule is COCC[C@H]1CC[C@H](CC(C)C)C[C@H]([C@@H](C[C@@H](CCC2CC(OC)C(O)CC2C2CCNC(N)C2)OC(C)=O)OC(C)=O)C[C@H]1O. The zero-order chi connectivity index (χ0) is 33.8. The van der Waals surface area contributed by atoms with E-state index in [2.05, 4.69) is 19.2 Å². The Morgan fingerprint density at radius 1 is 0.891 bits per heavy atom. The van der Waals surface area contributed by atoms with Gasteiger partial charge in [0.05, 0.1) is 24.5 Å². The number of nitrogens with two attached hydrogens (primary N) is 1. The molecule has 0 radical (unpaired) electrons. The maximum absolute atomic E-state index is 12.5. The lowest BCUT2D eigenvalue weighted by atomic mass is 9.66. The van der Waals surface area contributed by atoms with Crippen LogP contribution in [0.5, 0.6) is 0 Å². The Labute approximate surface area is 278 Å². The lowest BCUT2D eigenvalue weighted by Crippen LogP contribution is -2.49. The molecule has 0 aromatic carbocycles. The summed E-state index contributed by atoms with van der Waals surface area (Å²) in [5.74, 6) is 1.39. The van der Waals surface area contributed by atoms with E-state index in [0.29, 0.717) is 56.0 Å². The van der Waals surface area contributed by atoms with E-state index in [0.717, 1.165) is 64.3 Å². The van der Waals surface area contributed by atoms with Gasteiger partial charge in [0, 0.05) is 41.1 Å². The smallest absolute Gasteiger partial charge is 0.302 e. The van der Waals surface area contributed by atoms with Crippen molar-refractivity contribution >= 4 is 11.9 Å². The summed E-state index contributed by atoms with van der Waals surface area (Å²) in [7, 11) is 3.35. The van der Waals surface area contributed by atoms with Gasteiger partial charge in [0.1, 0.15) is 12.2 Å². The second-order valence-electron chi connectivity index (χ2n) is 15.2. The third kappa shape index (κ3) is 12.6. The molecule has 10 nitrogen and oxygen atoms in total. The van der Waals surface area contributed by atoms with Crippen LogP contribution in [0, 0.1) is 41.4 Å². The molecule has 46 heavy (non-hydrogen) atoms. The number of carbonyl (C=O) groups is 2. The number of esters is 2. The van der Waals surface area contributed by atoms with Crippen molar-refractivity contribution in [2.75, 3.05) is 27.4 Å². The van der Waals surface area contributed by atoms with Gasteiger partial charge in [-0.1, -0.05) is 20.3 Å². The van der Waals surface area contributed by atoms with Gasteiger partial charge in [-0.15, -0.1) is 0 Å². The maximum atomic E-state index is 12.5. The van der Waals surface area contributed by atoms with Crippen LogP contribution in [0.25, 0.3) is 0 Å². The third-order valence-corrected chi connectivity index (χ3v) is 11.2. The number of hydrogen-bond donors (Lipinski definition) is 4. The van der Waals surface area contributed by atoms with Crippen LogP contribution in [0.3, 0.4) is 0 Å². The highest BCUT2D eigenvalue weighted by Gasteiger charge is 2.42. The number of aliphatic hydroxyl groups is 2. The Bertz CT molecular complexity index is 905. The lowest BCUT2D eigenvalue weighted by molar-refractivity contribution is -0.157. The maximum Gasteiger partial charge on any atom is 0.302 e. The minimum Gasteiger partial charge on any atom is -0.462 e. The average molecular weight is 655 g/mol. The van der Waals surface area contributed by atoms with E-state index in [-0.39, 0.29) is 42.0 Å². The van der Waals surface area contributed by atoms with Crippen molar-refractivity contribution in [3.8, 4) is 0 Å². The molecule has 0 aromatic rings. The first kappa shape index (κ1) is 39.1. The number of methoxy groups -OCH3 is 2. The number of rotatable bonds is 15. The Morgan fingerprint density at radius 3 is 2.26 bits per heavy atom. The Kier molecular flexibility index (Phi) is 16.7. The topological polar surface area (TPSA) is 150 Å². The predicted octanol–water partition coefficient (Wildman–Crippen LogP) is 4.57. The third-order valence-electron chi connectivity index (χ3n) is 11.2. The molecule has 0 spiro atoms. The van der Waals surface area contributed by atoms with Crippen molar-refractivity contribution in [2.45, 2.75) is 148 Å². The largest absolute Gasteiger partial charge is 0.462 e. The molecule has 2 saturated carbocycles. The van der Waals surface area contributed by atoms with Crippen LogP contribution in [0.1, 0.15) is 111 Å². The Morgan fingerprint density at radius 2 is 1.63 bits per heavy atom. The van der Waals surface area contributed by atoms with Crippen molar-refractivity contribution in [3.05, 3.63) is 0 Å². The van der Waals surface area contributed by atoms with Crippen molar-refractivity contribution in [1.82, 2.24) is 5.32 Å². The predicted molar refractivity (Wildman–Crippen MR) is 178 cm³/mol. The van der Waals surface area contributed by atoms with Gasteiger partial charge >= 0.3 is 11.9 Å². The van der Waals surface area contributed by atoms with Crippen molar-refractivity contribution < 1.29 is 38.7 Å². The standard InChI is InChI=1S/C36H66N2O8/c1-22(2)15-25-7-8-26(12-14-43-5)32(41)17-29(16-25)34(46-24(4)40)20-30(45-23(3)39)10-9-27-18-35(44-6)33(42)21-31(27)28-11-13-38-36(37)19-28/h22,25-36,38,41-42H,7-21,37H2,1-6H3/t25-,26-,27?,28?,29+,30-,31?,32-,33?,34-,35?,36?/m1/s1. The number of carbonyl (C=O) groups excluding carboxylic acids is 2. The first-order valence-electron chi connectivity index (χ1n) is 18.1. The monoisotopic (exact) mass is 654 g/mol. The van der Waals surface area contributed by atoms with Gasteiger partial charge in [-0.05, 0) is 119 Å². The number of nitrogens with one attached hydrogen (secondary N) is 1. The summed E-state index contributed by atoms with van der Waals surface area (Å²) < 4.78 is 23.0. The molecule has 6 unspecified atom stereocenters. The van der Waals surface area contributed by atoms with E-state index in [1.165, 1.54) is 13.8 Å². The van der Waals surface area contributed by atoms with Gasteiger partial charge in [0.2, 0.25) is 0 Å². The van der Waals surface area contributed by atoms with Crippen LogP contribution in [-0.4, -0.2) is 86.2 Å². The fourth-order valence-corrected chi connectivity index (χ4v) is 9.03. The number of hydrogen-bond acceptors (Lipinski definition) is 10. The number of piperidine rings is 1. The molecular weight excluding hydrogens is 588 g/mol. The highest BCUT2D eigenvalue weighted by Crippen LogP contribution is 2.43. The highest BCUT2D eigenvalue weighted by atomic mass is 16.6. The van der Waals surface area contributed by atoms with Crippen LogP contribution in [0.4, 0.5) is 0 Å². The first-order valence-corrected chi connectivity index (χ1v) is 18.1. The second-order valence-corrected chi connectivity index (χ2v) is 15.2. The summed E-state index contributed by atoms with van der Waals surface area (Å²) >= 11 is 0. The van der Waals surface area contributed by atoms with Crippen LogP contribution in [-0.2, 0) is 28.5 Å². The zero-order valence-electron chi connectivity index (χ0n) is 29.5. The van der Waals surface area contributed by atoms with Crippen LogP contribution in [0.2, 0.25) is 0 Å². The van der Waals surface area contributed by atoms with Gasteiger partial charge in [0.25, 0.3) is 0 Å². The molecule has 0 amide bonds. The van der Waals surface area contributed by atoms with Crippen LogP contribution < -0.4 is 11.1 Å². The normalized spacial score (nSPS) is 35.5. The van der Waals surface area contributed by atoms with E-state index in [4.69, 9.17) is 24.7 Å². The van der Waals surface area contributed by atoms with E-state index in [1.54, 1.807) is 14.2 Å². The van der Waals surface area contributed by atoms with E-state index < -0.39 is 24.4 Å². The average Bonchev–Trinajstić information content (AvgIpc) is 2.97. The van der Waals surface area contributed by atoms with E-state index >= 15 is 0 Å². The van der Waals surface area contributed by atoms with Gasteiger partial charge in [0.15, 0.2) is 0 Å². The first-order chi connectivity index (χ1) is 21.9. The molecule has 5 N–H and O–H groups in total. The van der Waals surface area contributed by atoms with Crippen molar-refractivity contribution in [1.29, 1.82) is 0 Å². The molecule has 268 valence electrons. The van der Waals surface area contributed by atoms with Crippen molar-refractivity contribution in [3.63, 3.8) is 0 Å². The summed E-state index contributed by atoms with van der Waals surface area (Å²) in [6, 6.07) is 0. The summed E-state index contributed by atoms with van der Waals surface area (Å²) in [6.45, 7) is 8.84. The molecule has 3 rings (SSSR count). The Balaban J connectivity index is 1.81. The Hall–Kier alpha value is -1.30. The van der Waals surface area contributed by atoms with Crippen molar-refractivity contribution in [2.24, 2.45) is 47.2 Å². The summed E-state index contributed by atoms with van der Waals surface area (Å²) in [5, 5.41) is 25.6. The fraction of sp³-hybridized carbons (Fsp3) is 0.944. The molecule has 1 saturated heterocycles. The van der Waals surface area contributed by atoms with Crippen LogP contribution in [0.15, 0.2) is 0 Å². The molecule has 12 atom stereocenters. The van der Waals surface area contributed by atoms with Gasteiger partial charge < -0.3 is 40.2 Å². The lowest BCUT2D eigenvalue weighted by Gasteiger charge is -2.45. The quantitative estimate of drug-likeness (QED) is 0.185. The summed E-state index contributed by atoms with van der Waals surface area (Å²) in [4.78, 5) is 24.9. The molecule has 1 aliphatic heterocycles. The van der Waals surface area contributed by atoms with Gasteiger partial charge in [-0.2, -0.15) is 0 Å². The van der Waals surface area contributed by atoms with Gasteiger partial charge in [-0.3, -0.25) is 9.59 Å². The number of aliphatic hydroxyl groups excluding tert-OH is 2. The number of ether oxygens (including phenoxy) is 4. The molecule has 0 bridgehead atoms. The highest BCUT2D eigenvalue weighted by molar-refractivity contribution is 5.66. The zero-order valence-corrected chi connectivity index (χ0v) is 29.5. The summed E-state index contributed by atoms with van der Waals surface area (Å²) in [6.07, 6.45) is 8.26. The van der Waals surface area contributed by atoms with Gasteiger partial charge in [-0.25, -0.2) is 0 Å².